The quantitative estimate of drug-likeness (QED) is 0.580. The fourth-order valence-corrected chi connectivity index (χ4v) is 1.42. The van der Waals surface area contributed by atoms with Crippen LogP contribution in [0, 0.1) is 24.0 Å². The molecule has 1 aromatic heterocycles. The van der Waals surface area contributed by atoms with E-state index in [-0.39, 0.29) is 18.3 Å². The molecule has 0 saturated carbocycles. The van der Waals surface area contributed by atoms with Crippen molar-refractivity contribution in [2.45, 2.75) is 26.8 Å². The Morgan fingerprint density at radius 3 is 2.57 bits per heavy atom. The third-order valence-corrected chi connectivity index (χ3v) is 2.15. The predicted molar refractivity (Wildman–Crippen MR) is 50.2 cm³/mol. The third-order valence-electron chi connectivity index (χ3n) is 2.15. The summed E-state index contributed by atoms with van der Waals surface area (Å²) in [5, 5.41) is 23.6. The molecule has 0 aliphatic rings. The van der Waals surface area contributed by atoms with E-state index in [0.29, 0.717) is 11.4 Å². The molecule has 1 N–H and O–H groups in total. The lowest BCUT2D eigenvalue weighted by Gasteiger charge is -2.09. The molecule has 0 fully saturated rings. The number of nitrogens with zero attached hydrogens (tertiary/aromatic N) is 3. The summed E-state index contributed by atoms with van der Waals surface area (Å²) in [5.41, 5.74) is 0.896. The lowest BCUT2D eigenvalue weighted by atomic mass is 10.3. The van der Waals surface area contributed by atoms with Gasteiger partial charge < -0.3 is 5.11 Å². The maximum absolute atomic E-state index is 10.7. The molecule has 0 saturated heterocycles. The number of hydrogen-bond donors (Lipinski definition) is 1. The number of aromatic nitrogens is 2. The Kier molecular flexibility index (Phi) is 2.85. The van der Waals surface area contributed by atoms with Gasteiger partial charge in [0.1, 0.15) is 11.4 Å². The van der Waals surface area contributed by atoms with E-state index in [1.165, 1.54) is 4.68 Å². The van der Waals surface area contributed by atoms with Crippen LogP contribution in [0.2, 0.25) is 0 Å². The molecule has 0 aliphatic heterocycles. The second kappa shape index (κ2) is 3.75. The van der Waals surface area contributed by atoms with Gasteiger partial charge >= 0.3 is 5.69 Å². The summed E-state index contributed by atoms with van der Waals surface area (Å²) in [5.74, 6) is 0. The van der Waals surface area contributed by atoms with Gasteiger partial charge in [-0.3, -0.25) is 14.8 Å². The largest absolute Gasteiger partial charge is 0.394 e. The summed E-state index contributed by atoms with van der Waals surface area (Å²) in [7, 11) is 0. The minimum Gasteiger partial charge on any atom is -0.394 e. The van der Waals surface area contributed by atoms with Crippen molar-refractivity contribution in [3.63, 3.8) is 0 Å². The Morgan fingerprint density at radius 2 is 2.21 bits per heavy atom. The number of aliphatic hydroxyl groups excluding tert-OH is 1. The van der Waals surface area contributed by atoms with Crippen molar-refractivity contribution < 1.29 is 10.0 Å². The molecule has 1 atom stereocenters. The van der Waals surface area contributed by atoms with Gasteiger partial charge in [-0.2, -0.15) is 5.10 Å². The topological polar surface area (TPSA) is 81.2 Å². The number of aliphatic hydroxyl groups is 1. The molecule has 1 unspecified atom stereocenters. The predicted octanol–water partition coefficient (Wildman–Crippen LogP) is 0.961. The zero-order valence-electron chi connectivity index (χ0n) is 8.39. The Labute approximate surface area is 81.3 Å². The van der Waals surface area contributed by atoms with Crippen molar-refractivity contribution in [3.05, 3.63) is 21.5 Å². The van der Waals surface area contributed by atoms with Crippen LogP contribution in [0.15, 0.2) is 0 Å². The summed E-state index contributed by atoms with van der Waals surface area (Å²) >= 11 is 0. The molecule has 1 aromatic rings. The second-order valence-corrected chi connectivity index (χ2v) is 3.25. The minimum atomic E-state index is -0.446. The SMILES string of the molecule is Cc1nn(C(C)CO)c(C)c1[N+](=O)[O-]. The lowest BCUT2D eigenvalue weighted by Crippen LogP contribution is -2.12. The van der Waals surface area contributed by atoms with Crippen LogP contribution in [0.4, 0.5) is 5.69 Å². The molecule has 0 spiro atoms. The van der Waals surface area contributed by atoms with Crippen LogP contribution in [-0.2, 0) is 0 Å². The van der Waals surface area contributed by atoms with Gasteiger partial charge in [-0.25, -0.2) is 0 Å². The Bertz CT molecular complexity index is 359. The van der Waals surface area contributed by atoms with Crippen molar-refractivity contribution in [1.82, 2.24) is 9.78 Å². The van der Waals surface area contributed by atoms with E-state index in [2.05, 4.69) is 5.10 Å². The van der Waals surface area contributed by atoms with Crippen LogP contribution in [0.1, 0.15) is 24.4 Å². The molecule has 0 aromatic carbocycles. The van der Waals surface area contributed by atoms with Crippen molar-refractivity contribution >= 4 is 5.69 Å². The molecule has 0 aliphatic carbocycles. The Morgan fingerprint density at radius 1 is 1.64 bits per heavy atom. The molecule has 6 heteroatoms. The van der Waals surface area contributed by atoms with E-state index in [0.717, 1.165) is 0 Å². The van der Waals surface area contributed by atoms with Gasteiger partial charge in [0.15, 0.2) is 0 Å². The van der Waals surface area contributed by atoms with Gasteiger partial charge in [-0.15, -0.1) is 0 Å². The van der Waals surface area contributed by atoms with Gasteiger partial charge in [0, 0.05) is 0 Å². The molecular weight excluding hydrogens is 186 g/mol. The lowest BCUT2D eigenvalue weighted by molar-refractivity contribution is -0.386. The van der Waals surface area contributed by atoms with Crippen LogP contribution in [0.25, 0.3) is 0 Å². The highest BCUT2D eigenvalue weighted by Crippen LogP contribution is 2.24. The van der Waals surface area contributed by atoms with Crippen LogP contribution in [0.3, 0.4) is 0 Å². The van der Waals surface area contributed by atoms with Crippen molar-refractivity contribution in [2.75, 3.05) is 6.61 Å². The van der Waals surface area contributed by atoms with E-state index < -0.39 is 4.92 Å². The number of hydrogen-bond acceptors (Lipinski definition) is 4. The molecule has 0 radical (unpaired) electrons. The standard InChI is InChI=1S/C8H13N3O3/c1-5(4-12)10-7(3)8(11(13)14)6(2)9-10/h5,12H,4H2,1-3H3. The maximum atomic E-state index is 10.7. The second-order valence-electron chi connectivity index (χ2n) is 3.25. The van der Waals surface area contributed by atoms with E-state index in [1.54, 1.807) is 20.8 Å². The van der Waals surface area contributed by atoms with E-state index >= 15 is 0 Å². The molecule has 78 valence electrons. The fraction of sp³-hybridized carbons (Fsp3) is 0.625. The van der Waals surface area contributed by atoms with Gasteiger partial charge in [-0.1, -0.05) is 0 Å². The van der Waals surface area contributed by atoms with Crippen LogP contribution >= 0.6 is 0 Å². The summed E-state index contributed by atoms with van der Waals surface area (Å²) in [4.78, 5) is 10.2. The number of rotatable bonds is 3. The Balaban J connectivity index is 3.23. The highest BCUT2D eigenvalue weighted by molar-refractivity contribution is 5.39. The van der Waals surface area contributed by atoms with Gasteiger partial charge in [0.05, 0.1) is 17.6 Å². The first-order chi connectivity index (χ1) is 6.49. The first kappa shape index (κ1) is 10.6. The molecule has 14 heavy (non-hydrogen) atoms. The fourth-order valence-electron chi connectivity index (χ4n) is 1.42. The van der Waals surface area contributed by atoms with Crippen LogP contribution in [0.5, 0.6) is 0 Å². The van der Waals surface area contributed by atoms with Gasteiger partial charge in [-0.05, 0) is 20.8 Å². The van der Waals surface area contributed by atoms with Crippen LogP contribution < -0.4 is 0 Å². The third kappa shape index (κ3) is 1.60. The highest BCUT2D eigenvalue weighted by atomic mass is 16.6. The monoisotopic (exact) mass is 199 g/mol. The number of nitro groups is 1. The minimum absolute atomic E-state index is 0.0327. The first-order valence-corrected chi connectivity index (χ1v) is 4.30. The first-order valence-electron chi connectivity index (χ1n) is 4.30. The summed E-state index contributed by atoms with van der Waals surface area (Å²) < 4.78 is 1.48. The van der Waals surface area contributed by atoms with Gasteiger partial charge in [0.25, 0.3) is 0 Å². The molecule has 6 nitrogen and oxygen atoms in total. The average Bonchev–Trinajstić information content (AvgIpc) is 2.40. The summed E-state index contributed by atoms with van der Waals surface area (Å²) in [6.45, 7) is 4.89. The van der Waals surface area contributed by atoms with E-state index in [1.807, 2.05) is 0 Å². The van der Waals surface area contributed by atoms with Crippen LogP contribution in [-0.4, -0.2) is 26.4 Å². The molecule has 0 amide bonds. The molecule has 1 heterocycles. The van der Waals surface area contributed by atoms with E-state index in [9.17, 15) is 10.1 Å². The zero-order valence-corrected chi connectivity index (χ0v) is 8.39. The van der Waals surface area contributed by atoms with E-state index in [4.69, 9.17) is 5.11 Å². The molecule has 1 rings (SSSR count). The summed E-state index contributed by atoms with van der Waals surface area (Å²) in [6.07, 6.45) is 0. The smallest absolute Gasteiger partial charge is 0.312 e. The molecular formula is C8H13N3O3. The average molecular weight is 199 g/mol. The molecule has 0 bridgehead atoms. The summed E-state index contributed by atoms with van der Waals surface area (Å²) in [6, 6.07) is -0.234. The highest BCUT2D eigenvalue weighted by Gasteiger charge is 2.23. The van der Waals surface area contributed by atoms with Crippen molar-refractivity contribution in [3.8, 4) is 0 Å². The zero-order chi connectivity index (χ0) is 10.9. The normalized spacial score (nSPS) is 12.9. The number of aryl methyl sites for hydroxylation is 1. The maximum Gasteiger partial charge on any atom is 0.312 e. The Hall–Kier alpha value is -1.43. The van der Waals surface area contributed by atoms with Gasteiger partial charge in [0.2, 0.25) is 0 Å². The van der Waals surface area contributed by atoms with Crippen molar-refractivity contribution in [2.24, 2.45) is 0 Å². The van der Waals surface area contributed by atoms with Crippen molar-refractivity contribution in [1.29, 1.82) is 0 Å².